The van der Waals surface area contributed by atoms with Crippen molar-refractivity contribution in [1.29, 1.82) is 0 Å². The molecule has 0 unspecified atom stereocenters. The van der Waals surface area contributed by atoms with Crippen LogP contribution in [0.1, 0.15) is 12.8 Å². The van der Waals surface area contributed by atoms with E-state index in [0.29, 0.717) is 11.7 Å². The number of nitrogens with one attached hydrogen (secondary N) is 2. The fourth-order valence-corrected chi connectivity index (χ4v) is 1.92. The van der Waals surface area contributed by atoms with E-state index in [9.17, 15) is 4.39 Å². The molecule has 92 valence electrons. The van der Waals surface area contributed by atoms with Gasteiger partial charge >= 0.3 is 0 Å². The average molecular weight is 254 g/mol. The Hall–Kier alpha value is -1.20. The van der Waals surface area contributed by atoms with Gasteiger partial charge in [0.25, 0.3) is 0 Å². The summed E-state index contributed by atoms with van der Waals surface area (Å²) < 4.78 is 18.2. The van der Waals surface area contributed by atoms with Crippen LogP contribution in [0.5, 0.6) is 0 Å². The molecule has 0 bridgehead atoms. The minimum atomic E-state index is -0.256. The zero-order valence-corrected chi connectivity index (χ0v) is 10.2. The van der Waals surface area contributed by atoms with E-state index in [0.717, 1.165) is 25.1 Å². The lowest BCUT2D eigenvalue weighted by Gasteiger charge is -2.13. The van der Waals surface area contributed by atoms with Crippen LogP contribution in [-0.4, -0.2) is 24.4 Å². The number of halogens is 1. The zero-order valence-electron chi connectivity index (χ0n) is 9.41. The normalized spacial score (nSPS) is 19.0. The Bertz CT molecular complexity index is 377. The highest BCUT2D eigenvalue weighted by molar-refractivity contribution is 7.80. The number of hydrogen-bond donors (Lipinski definition) is 2. The van der Waals surface area contributed by atoms with Crippen LogP contribution >= 0.6 is 12.2 Å². The summed E-state index contributed by atoms with van der Waals surface area (Å²) in [5.41, 5.74) is 0.774. The molecular formula is C12H15FN2OS. The Morgan fingerprint density at radius 1 is 1.41 bits per heavy atom. The van der Waals surface area contributed by atoms with Gasteiger partial charge in [-0.25, -0.2) is 4.39 Å². The molecule has 1 aliphatic rings. The summed E-state index contributed by atoms with van der Waals surface area (Å²) in [4.78, 5) is 0. The first-order valence-corrected chi connectivity index (χ1v) is 6.07. The van der Waals surface area contributed by atoms with E-state index < -0.39 is 0 Å². The molecule has 0 saturated carbocycles. The van der Waals surface area contributed by atoms with Gasteiger partial charge in [0.2, 0.25) is 0 Å². The largest absolute Gasteiger partial charge is 0.376 e. The fraction of sp³-hybridized carbons (Fsp3) is 0.417. The van der Waals surface area contributed by atoms with Gasteiger partial charge in [-0.15, -0.1) is 0 Å². The molecule has 17 heavy (non-hydrogen) atoms. The van der Waals surface area contributed by atoms with E-state index in [1.807, 2.05) is 0 Å². The molecule has 0 radical (unpaired) electrons. The Labute approximate surface area is 105 Å². The number of ether oxygens (including phenoxy) is 1. The van der Waals surface area contributed by atoms with Gasteiger partial charge in [0, 0.05) is 18.8 Å². The molecule has 0 aromatic heterocycles. The molecule has 0 spiro atoms. The summed E-state index contributed by atoms with van der Waals surface area (Å²) in [6.07, 6.45) is 2.44. The van der Waals surface area contributed by atoms with Gasteiger partial charge in [-0.1, -0.05) is 0 Å². The molecule has 0 aliphatic carbocycles. The minimum Gasteiger partial charge on any atom is -0.376 e. The predicted octanol–water partition coefficient (Wildman–Crippen LogP) is 2.29. The van der Waals surface area contributed by atoms with Crippen molar-refractivity contribution < 1.29 is 9.13 Å². The van der Waals surface area contributed by atoms with Gasteiger partial charge in [0.15, 0.2) is 5.11 Å². The van der Waals surface area contributed by atoms with Crippen molar-refractivity contribution in [1.82, 2.24) is 5.32 Å². The lowest BCUT2D eigenvalue weighted by molar-refractivity contribution is 0.114. The van der Waals surface area contributed by atoms with E-state index in [4.69, 9.17) is 17.0 Å². The lowest BCUT2D eigenvalue weighted by atomic mass is 10.2. The number of benzene rings is 1. The summed E-state index contributed by atoms with van der Waals surface area (Å²) in [5, 5.41) is 6.61. The summed E-state index contributed by atoms with van der Waals surface area (Å²) in [5.74, 6) is -0.256. The Balaban J connectivity index is 1.74. The van der Waals surface area contributed by atoms with Gasteiger partial charge < -0.3 is 15.4 Å². The molecule has 1 aliphatic heterocycles. The van der Waals surface area contributed by atoms with E-state index >= 15 is 0 Å². The molecule has 1 aromatic rings. The Morgan fingerprint density at radius 3 is 2.82 bits per heavy atom. The molecule has 1 saturated heterocycles. The van der Waals surface area contributed by atoms with E-state index in [-0.39, 0.29) is 11.9 Å². The molecular weight excluding hydrogens is 239 g/mol. The second-order valence-corrected chi connectivity index (χ2v) is 4.39. The number of anilines is 1. The summed E-state index contributed by atoms with van der Waals surface area (Å²) in [7, 11) is 0. The lowest BCUT2D eigenvalue weighted by Crippen LogP contribution is -2.34. The highest BCUT2D eigenvalue weighted by Gasteiger charge is 2.15. The van der Waals surface area contributed by atoms with Crippen LogP contribution in [0.15, 0.2) is 24.3 Å². The molecule has 2 N–H and O–H groups in total. The summed E-state index contributed by atoms with van der Waals surface area (Å²) >= 11 is 5.13. The Morgan fingerprint density at radius 2 is 2.18 bits per heavy atom. The molecule has 3 nitrogen and oxygen atoms in total. The highest BCUT2D eigenvalue weighted by atomic mass is 32.1. The van der Waals surface area contributed by atoms with E-state index in [1.54, 1.807) is 12.1 Å². The molecule has 1 fully saturated rings. The number of rotatable bonds is 3. The number of thiocarbonyl (C=S) groups is 1. The minimum absolute atomic E-state index is 0.253. The summed E-state index contributed by atoms with van der Waals surface area (Å²) in [6, 6.07) is 6.08. The maximum atomic E-state index is 12.7. The fourth-order valence-electron chi connectivity index (χ4n) is 1.72. The molecule has 1 atom stereocenters. The zero-order chi connectivity index (χ0) is 12.1. The third-order valence-corrected chi connectivity index (χ3v) is 2.86. The first-order chi connectivity index (χ1) is 8.24. The van der Waals surface area contributed by atoms with Crippen LogP contribution in [0.4, 0.5) is 10.1 Å². The van der Waals surface area contributed by atoms with Crippen LogP contribution in [0.2, 0.25) is 0 Å². The van der Waals surface area contributed by atoms with Gasteiger partial charge in [0.05, 0.1) is 6.10 Å². The third kappa shape index (κ3) is 3.94. The second kappa shape index (κ2) is 5.93. The van der Waals surface area contributed by atoms with Crippen molar-refractivity contribution in [2.75, 3.05) is 18.5 Å². The maximum Gasteiger partial charge on any atom is 0.170 e. The quantitative estimate of drug-likeness (QED) is 0.811. The molecule has 1 heterocycles. The molecule has 1 aromatic carbocycles. The van der Waals surface area contributed by atoms with Crippen LogP contribution in [-0.2, 0) is 4.74 Å². The molecule has 5 heteroatoms. The van der Waals surface area contributed by atoms with Crippen LogP contribution in [0.3, 0.4) is 0 Å². The van der Waals surface area contributed by atoms with Crippen molar-refractivity contribution >= 4 is 23.0 Å². The maximum absolute atomic E-state index is 12.7. The highest BCUT2D eigenvalue weighted by Crippen LogP contribution is 2.11. The SMILES string of the molecule is Fc1ccc(NC(=S)NC[C@@H]2CCCO2)cc1. The first-order valence-electron chi connectivity index (χ1n) is 5.66. The predicted molar refractivity (Wildman–Crippen MR) is 69.6 cm³/mol. The van der Waals surface area contributed by atoms with Gasteiger partial charge in [-0.2, -0.15) is 0 Å². The van der Waals surface area contributed by atoms with Gasteiger partial charge in [-0.05, 0) is 49.3 Å². The third-order valence-electron chi connectivity index (χ3n) is 2.62. The van der Waals surface area contributed by atoms with Crippen molar-refractivity contribution in [3.05, 3.63) is 30.1 Å². The van der Waals surface area contributed by atoms with Crippen LogP contribution in [0, 0.1) is 5.82 Å². The first kappa shape index (κ1) is 12.3. The van der Waals surface area contributed by atoms with Crippen molar-refractivity contribution in [3.63, 3.8) is 0 Å². The topological polar surface area (TPSA) is 33.3 Å². The van der Waals surface area contributed by atoms with Crippen molar-refractivity contribution in [3.8, 4) is 0 Å². The molecule has 2 rings (SSSR count). The van der Waals surface area contributed by atoms with E-state index in [1.165, 1.54) is 12.1 Å². The van der Waals surface area contributed by atoms with Crippen molar-refractivity contribution in [2.45, 2.75) is 18.9 Å². The number of hydrogen-bond acceptors (Lipinski definition) is 2. The second-order valence-electron chi connectivity index (χ2n) is 3.98. The Kier molecular flexibility index (Phi) is 4.28. The molecule has 0 amide bonds. The van der Waals surface area contributed by atoms with Crippen LogP contribution in [0.25, 0.3) is 0 Å². The standard InChI is InChI=1S/C12H15FN2OS/c13-9-3-5-10(6-4-9)15-12(17)14-8-11-2-1-7-16-11/h3-6,11H,1-2,7-8H2,(H2,14,15,17)/t11-/m0/s1. The van der Waals surface area contributed by atoms with Gasteiger partial charge in [0.1, 0.15) is 5.82 Å². The smallest absolute Gasteiger partial charge is 0.170 e. The van der Waals surface area contributed by atoms with E-state index in [2.05, 4.69) is 10.6 Å². The van der Waals surface area contributed by atoms with Crippen molar-refractivity contribution in [2.24, 2.45) is 0 Å². The van der Waals surface area contributed by atoms with Gasteiger partial charge in [-0.3, -0.25) is 0 Å². The monoisotopic (exact) mass is 254 g/mol. The van der Waals surface area contributed by atoms with Crippen LogP contribution < -0.4 is 10.6 Å². The summed E-state index contributed by atoms with van der Waals surface area (Å²) in [6.45, 7) is 1.55. The average Bonchev–Trinajstić information content (AvgIpc) is 2.83.